The molecule has 5 nitrogen and oxygen atoms in total. The summed E-state index contributed by atoms with van der Waals surface area (Å²) in [6.07, 6.45) is 0. The Hall–Kier alpha value is -0.574. The number of carboxylic acid groups (broad SMARTS) is 1. The van der Waals surface area contributed by atoms with Gasteiger partial charge in [-0.3, -0.25) is 9.89 Å². The van der Waals surface area contributed by atoms with Gasteiger partial charge in [0.25, 0.3) is 0 Å². The summed E-state index contributed by atoms with van der Waals surface area (Å²) in [5, 5.41) is 16.4. The van der Waals surface area contributed by atoms with Gasteiger partial charge in [-0.05, 0) is 24.6 Å². The Morgan fingerprint density at radius 1 is 1.45 bits per heavy atom. The smallest absolute Gasteiger partial charge is 0.543 e. The Morgan fingerprint density at radius 3 is 2.65 bits per heavy atom. The summed E-state index contributed by atoms with van der Waals surface area (Å²) in [4.78, 5) is 22.7. The molecule has 0 saturated carbocycles. The molecule has 1 heterocycles. The van der Waals surface area contributed by atoms with E-state index in [0.717, 1.165) is 6.07 Å². The number of hydrogen-bond acceptors (Lipinski definition) is 4. The van der Waals surface area contributed by atoms with Gasteiger partial charge in [-0.25, -0.2) is 4.39 Å². The summed E-state index contributed by atoms with van der Waals surface area (Å²) in [5.41, 5.74) is -0.830. The van der Waals surface area contributed by atoms with Crippen molar-refractivity contribution < 1.29 is 65.7 Å². The van der Waals surface area contributed by atoms with Gasteiger partial charge in [-0.15, -0.1) is 0 Å². The van der Waals surface area contributed by atoms with Crippen LogP contribution < -0.4 is 61.9 Å². The van der Waals surface area contributed by atoms with Crippen molar-refractivity contribution in [1.82, 2.24) is 10.2 Å². The summed E-state index contributed by atoms with van der Waals surface area (Å²) in [7, 11) is 0. The fourth-order valence-corrected chi connectivity index (χ4v) is 1.85. The second kappa shape index (κ2) is 6.92. The van der Waals surface area contributed by atoms with Crippen molar-refractivity contribution in [3.8, 4) is 11.1 Å². The molecule has 1 N–H and O–H groups in total. The summed E-state index contributed by atoms with van der Waals surface area (Å²) in [6.45, 7) is 1.54. The Balaban J connectivity index is 0.00000200. The molecule has 0 aliphatic rings. The van der Waals surface area contributed by atoms with Gasteiger partial charge >= 0.3 is 51.4 Å². The molecule has 1 aromatic carbocycles. The molecular weight excluding hydrogens is 314 g/mol. The number of H-pyrrole nitrogens is 1. The second-order valence-electron chi connectivity index (χ2n) is 3.82. The summed E-state index contributed by atoms with van der Waals surface area (Å²) in [6, 6.07) is 3.67. The predicted molar refractivity (Wildman–Crippen MR) is 64.3 cm³/mol. The molecule has 0 fully saturated rings. The van der Waals surface area contributed by atoms with Crippen LogP contribution in [0.15, 0.2) is 23.0 Å². The van der Waals surface area contributed by atoms with Crippen molar-refractivity contribution in [1.29, 1.82) is 0 Å². The zero-order valence-corrected chi connectivity index (χ0v) is 14.5. The molecule has 0 spiro atoms. The van der Waals surface area contributed by atoms with E-state index >= 15 is 0 Å². The standard InChI is InChI=1S/C12H8ClFN2O3.K/c1-5-9(6-2-3-8(14)7(13)4-6)11(17)10(12(18)19)16-15-5;/h2-4H,1H3,(H,15,17)(H,18,19);/q;+1/p-1. The summed E-state index contributed by atoms with van der Waals surface area (Å²) in [5.74, 6) is -2.32. The maximum absolute atomic E-state index is 13.1. The van der Waals surface area contributed by atoms with Crippen LogP contribution in [0.2, 0.25) is 5.02 Å². The van der Waals surface area contributed by atoms with Crippen LogP contribution in [0.3, 0.4) is 0 Å². The van der Waals surface area contributed by atoms with Crippen molar-refractivity contribution in [2.45, 2.75) is 6.92 Å². The van der Waals surface area contributed by atoms with E-state index in [1.165, 1.54) is 12.1 Å². The number of halogens is 2. The predicted octanol–water partition coefficient (Wildman–Crippen LogP) is -2.09. The van der Waals surface area contributed by atoms with Crippen LogP contribution >= 0.6 is 11.6 Å². The minimum Gasteiger partial charge on any atom is -0.543 e. The van der Waals surface area contributed by atoms with E-state index in [4.69, 9.17) is 11.6 Å². The third-order valence-electron chi connectivity index (χ3n) is 2.55. The molecule has 20 heavy (non-hydrogen) atoms. The third-order valence-corrected chi connectivity index (χ3v) is 2.84. The SMILES string of the molecule is Cc1[nH]nc(C(=O)[O-])c(=O)c1-c1ccc(F)c(Cl)c1.[K+]. The molecule has 8 heteroatoms. The fourth-order valence-electron chi connectivity index (χ4n) is 1.67. The first-order valence-electron chi connectivity index (χ1n) is 5.18. The van der Waals surface area contributed by atoms with Crippen LogP contribution in [0.4, 0.5) is 4.39 Å². The molecule has 0 unspecified atom stereocenters. The minimum atomic E-state index is -1.68. The number of aryl methyl sites for hydroxylation is 1. The molecule has 2 rings (SSSR count). The van der Waals surface area contributed by atoms with E-state index in [1.54, 1.807) is 6.92 Å². The average molecular weight is 321 g/mol. The topological polar surface area (TPSA) is 85.9 Å². The van der Waals surface area contributed by atoms with Crippen LogP contribution in [0, 0.1) is 12.7 Å². The van der Waals surface area contributed by atoms with E-state index < -0.39 is 22.9 Å². The molecule has 0 aliphatic heterocycles. The van der Waals surface area contributed by atoms with E-state index in [9.17, 15) is 19.1 Å². The molecule has 0 bridgehead atoms. The number of benzene rings is 1. The molecule has 0 radical (unpaired) electrons. The van der Waals surface area contributed by atoms with Crippen LogP contribution in [0.1, 0.15) is 16.2 Å². The van der Waals surface area contributed by atoms with Gasteiger partial charge in [0.15, 0.2) is 5.69 Å². The van der Waals surface area contributed by atoms with Crippen LogP contribution in [-0.2, 0) is 0 Å². The number of aromatic carboxylic acids is 1. The van der Waals surface area contributed by atoms with Gasteiger partial charge < -0.3 is 9.90 Å². The molecule has 1 aromatic heterocycles. The van der Waals surface area contributed by atoms with Crippen LogP contribution in [0.5, 0.6) is 0 Å². The molecule has 0 saturated heterocycles. The number of nitrogens with one attached hydrogen (secondary N) is 1. The van der Waals surface area contributed by atoms with Crippen molar-refractivity contribution in [2.75, 3.05) is 0 Å². The monoisotopic (exact) mass is 320 g/mol. The zero-order chi connectivity index (χ0) is 14.2. The molecule has 0 amide bonds. The minimum absolute atomic E-state index is 0. The summed E-state index contributed by atoms with van der Waals surface area (Å²) >= 11 is 5.64. The first-order chi connectivity index (χ1) is 8.91. The number of hydrogen-bond donors (Lipinski definition) is 1. The molecule has 2 aromatic rings. The first-order valence-corrected chi connectivity index (χ1v) is 5.55. The van der Waals surface area contributed by atoms with Crippen LogP contribution in [0.25, 0.3) is 11.1 Å². The second-order valence-corrected chi connectivity index (χ2v) is 4.22. The Bertz CT molecular complexity index is 733. The fraction of sp³-hybridized carbons (Fsp3) is 0.0833. The van der Waals surface area contributed by atoms with E-state index in [-0.39, 0.29) is 62.0 Å². The molecular formula is C12H7ClFKN2O3. The number of rotatable bonds is 2. The first kappa shape index (κ1) is 17.5. The number of nitrogens with zero attached hydrogens (tertiary/aromatic N) is 1. The molecule has 0 atom stereocenters. The number of aromatic nitrogens is 2. The number of aromatic amines is 1. The Kier molecular flexibility index (Phi) is 6.05. The van der Waals surface area contributed by atoms with Gasteiger partial charge in [0, 0.05) is 5.69 Å². The average Bonchev–Trinajstić information content (AvgIpc) is 2.33. The number of carbonyl (C=O) groups excluding carboxylic acids is 1. The van der Waals surface area contributed by atoms with Crippen molar-refractivity contribution in [2.24, 2.45) is 0 Å². The van der Waals surface area contributed by atoms with Crippen LogP contribution in [-0.4, -0.2) is 16.2 Å². The van der Waals surface area contributed by atoms with Gasteiger partial charge in [0.2, 0.25) is 5.43 Å². The van der Waals surface area contributed by atoms with Gasteiger partial charge in [0.05, 0.1) is 16.6 Å². The Labute approximate surface area is 160 Å². The quantitative estimate of drug-likeness (QED) is 0.643. The van der Waals surface area contributed by atoms with Gasteiger partial charge in [-0.2, -0.15) is 5.10 Å². The Morgan fingerprint density at radius 2 is 2.10 bits per heavy atom. The van der Waals surface area contributed by atoms with Gasteiger partial charge in [-0.1, -0.05) is 17.7 Å². The largest absolute Gasteiger partial charge is 1.00 e. The van der Waals surface area contributed by atoms with E-state index in [2.05, 4.69) is 10.2 Å². The molecule has 0 aliphatic carbocycles. The van der Waals surface area contributed by atoms with Gasteiger partial charge in [0.1, 0.15) is 5.82 Å². The normalized spacial score (nSPS) is 9.95. The van der Waals surface area contributed by atoms with Crippen molar-refractivity contribution in [3.63, 3.8) is 0 Å². The summed E-state index contributed by atoms with van der Waals surface area (Å²) < 4.78 is 13.1. The third kappa shape index (κ3) is 3.36. The number of carbonyl (C=O) groups is 1. The molecule has 98 valence electrons. The van der Waals surface area contributed by atoms with E-state index in [1.807, 2.05) is 0 Å². The number of carboxylic acids is 1. The maximum Gasteiger partial charge on any atom is 1.00 e. The zero-order valence-electron chi connectivity index (χ0n) is 10.7. The van der Waals surface area contributed by atoms with Crippen molar-refractivity contribution in [3.05, 3.63) is 50.7 Å². The van der Waals surface area contributed by atoms with Crippen molar-refractivity contribution >= 4 is 17.6 Å². The van der Waals surface area contributed by atoms with E-state index in [0.29, 0.717) is 11.3 Å². The maximum atomic E-state index is 13.1.